The fraction of sp³-hybridized carbons (Fsp3) is 0.875. The summed E-state index contributed by atoms with van der Waals surface area (Å²) in [6.07, 6.45) is 0. The van der Waals surface area contributed by atoms with Gasteiger partial charge in [0.2, 0.25) is 0 Å². The number of hydrogen-bond acceptors (Lipinski definition) is 4. The van der Waals surface area contributed by atoms with E-state index < -0.39 is 0 Å². The van der Waals surface area contributed by atoms with Crippen LogP contribution in [-0.2, 0) is 19.1 Å². The van der Waals surface area contributed by atoms with Gasteiger partial charge in [-0.15, -0.1) is 0 Å². The van der Waals surface area contributed by atoms with Crippen LogP contribution in [0.4, 0.5) is 0 Å². The molecule has 4 heteroatoms. The summed E-state index contributed by atoms with van der Waals surface area (Å²) in [5, 5.41) is 0. The molecule has 0 N–H and O–H groups in total. The first kappa shape index (κ1) is 11.6. The molecule has 4 nitrogen and oxygen atoms in total. The van der Waals surface area contributed by atoms with Crippen molar-refractivity contribution in [3.8, 4) is 0 Å². The van der Waals surface area contributed by atoms with Gasteiger partial charge in [-0.3, -0.25) is 9.59 Å². The lowest BCUT2D eigenvalue weighted by Crippen LogP contribution is -3.02. The molecule has 20 heavy (non-hydrogen) atoms. The van der Waals surface area contributed by atoms with Gasteiger partial charge in [0.1, 0.15) is 0 Å². The van der Waals surface area contributed by atoms with E-state index >= 15 is 0 Å². The number of carbonyl (C=O) groups is 2. The predicted molar refractivity (Wildman–Crippen MR) is 68.2 cm³/mol. The van der Waals surface area contributed by atoms with Gasteiger partial charge >= 0.3 is 11.9 Å². The molecule has 2 bridgehead atoms. The second-order valence-electron chi connectivity index (χ2n) is 7.92. The zero-order chi connectivity index (χ0) is 14.2. The van der Waals surface area contributed by atoms with E-state index in [1.807, 2.05) is 0 Å². The Labute approximate surface area is 118 Å². The SMILES string of the molecule is COC(=O)[C@@H]1C2[C@@H]3[C@@H]4C([C@@H]5[C@H]2C3(C)C54C)[C@@H]1C(=O)OC. The fourth-order valence-electron chi connectivity index (χ4n) is 8.20. The predicted octanol–water partition coefficient (Wildman–Crippen LogP) is 1.34. The van der Waals surface area contributed by atoms with Crippen molar-refractivity contribution in [1.29, 1.82) is 0 Å². The molecular weight excluding hydrogens is 256 g/mol. The van der Waals surface area contributed by atoms with Gasteiger partial charge in [-0.1, -0.05) is 13.8 Å². The molecule has 10 atom stereocenters. The molecule has 0 aliphatic heterocycles. The molecule has 0 spiro atoms. The van der Waals surface area contributed by atoms with Crippen LogP contribution in [0.5, 0.6) is 0 Å². The minimum atomic E-state index is -0.252. The van der Waals surface area contributed by atoms with Gasteiger partial charge in [-0.25, -0.2) is 0 Å². The van der Waals surface area contributed by atoms with E-state index in [1.54, 1.807) is 0 Å². The highest BCUT2D eigenvalue weighted by Crippen LogP contribution is 3.03. The Kier molecular flexibility index (Phi) is 1.62. The molecule has 108 valence electrons. The van der Waals surface area contributed by atoms with E-state index in [0.29, 0.717) is 46.3 Å². The third-order valence-electron chi connectivity index (χ3n) is 8.53. The molecule has 0 aromatic heterocycles. The minimum Gasteiger partial charge on any atom is -0.469 e. The highest BCUT2D eigenvalue weighted by Gasteiger charge is 3.01. The van der Waals surface area contributed by atoms with Crippen LogP contribution in [0.1, 0.15) is 13.8 Å². The van der Waals surface area contributed by atoms with E-state index in [0.717, 1.165) is 0 Å². The second-order valence-corrected chi connectivity index (χ2v) is 7.92. The van der Waals surface area contributed by atoms with E-state index in [4.69, 9.17) is 9.47 Å². The maximum absolute atomic E-state index is 12.2. The Balaban J connectivity index is 1.59. The van der Waals surface area contributed by atoms with Crippen LogP contribution < -0.4 is 0 Å². The number of ether oxygens (including phenoxy) is 2. The van der Waals surface area contributed by atoms with Gasteiger partial charge in [0.25, 0.3) is 0 Å². The van der Waals surface area contributed by atoms with Crippen LogP contribution in [0.25, 0.3) is 0 Å². The summed E-state index contributed by atoms with van der Waals surface area (Å²) in [7, 11) is 2.86. The van der Waals surface area contributed by atoms with Crippen molar-refractivity contribution in [3.05, 3.63) is 0 Å². The van der Waals surface area contributed by atoms with Crippen molar-refractivity contribution < 1.29 is 19.1 Å². The number of carbonyl (C=O) groups excluding carboxylic acids is 2. The molecule has 6 rings (SSSR count). The van der Waals surface area contributed by atoms with E-state index in [-0.39, 0.29) is 23.8 Å². The zero-order valence-electron chi connectivity index (χ0n) is 12.3. The third-order valence-corrected chi connectivity index (χ3v) is 8.53. The van der Waals surface area contributed by atoms with E-state index in [9.17, 15) is 9.59 Å². The average molecular weight is 276 g/mol. The Hall–Kier alpha value is -1.06. The average Bonchev–Trinajstić information content (AvgIpc) is 2.49. The Morgan fingerprint density at radius 2 is 1.05 bits per heavy atom. The first-order valence-corrected chi connectivity index (χ1v) is 7.62. The van der Waals surface area contributed by atoms with Crippen molar-refractivity contribution in [3.63, 3.8) is 0 Å². The van der Waals surface area contributed by atoms with Gasteiger partial charge in [-0.05, 0) is 46.3 Å². The summed E-state index contributed by atoms with van der Waals surface area (Å²) in [5.41, 5.74) is 0.910. The molecule has 4 unspecified atom stereocenters. The van der Waals surface area contributed by atoms with Crippen LogP contribution in [0, 0.1) is 58.2 Å². The lowest BCUT2D eigenvalue weighted by atomic mass is 9.00. The van der Waals surface area contributed by atoms with Crippen LogP contribution in [0.15, 0.2) is 0 Å². The number of hydrogen-bond donors (Lipinski definition) is 0. The van der Waals surface area contributed by atoms with Crippen LogP contribution in [0.2, 0.25) is 0 Å². The number of esters is 2. The second kappa shape index (κ2) is 2.79. The topological polar surface area (TPSA) is 52.6 Å². The summed E-state index contributed by atoms with van der Waals surface area (Å²) in [6.45, 7) is 4.80. The minimum absolute atomic E-state index is 0.199. The van der Waals surface area contributed by atoms with Crippen LogP contribution in [-0.4, -0.2) is 26.2 Å². The number of fused-ring (bicyclic) bond motifs is 1. The highest BCUT2D eigenvalue weighted by atomic mass is 16.5. The van der Waals surface area contributed by atoms with Crippen molar-refractivity contribution in [2.24, 2.45) is 58.2 Å². The van der Waals surface area contributed by atoms with Crippen molar-refractivity contribution in [2.75, 3.05) is 14.2 Å². The normalized spacial score (nSPS) is 65.8. The standard InChI is InChI=1S/C16H20O4/c1-15-9-7-5(13(17)19-3)6(14(18)20-4)8-11(9)16(15,2)12(8)10(7)15/h5-12H,1-4H3/t5-,6+,7?,8?,9-,10+,11+,12-,15?,16?. The Bertz CT molecular complexity index is 497. The Morgan fingerprint density at radius 3 is 1.30 bits per heavy atom. The maximum atomic E-state index is 12.2. The van der Waals surface area contributed by atoms with Gasteiger partial charge < -0.3 is 9.47 Å². The van der Waals surface area contributed by atoms with Crippen molar-refractivity contribution >= 4 is 11.9 Å². The van der Waals surface area contributed by atoms with Crippen molar-refractivity contribution in [2.45, 2.75) is 13.8 Å². The zero-order valence-corrected chi connectivity index (χ0v) is 12.3. The first-order valence-electron chi connectivity index (χ1n) is 7.62. The summed E-state index contributed by atoms with van der Waals surface area (Å²) < 4.78 is 10.0. The smallest absolute Gasteiger partial charge is 0.309 e. The summed E-state index contributed by atoms with van der Waals surface area (Å²) >= 11 is 0. The molecule has 0 saturated heterocycles. The third kappa shape index (κ3) is 0.674. The first-order chi connectivity index (χ1) is 9.46. The molecule has 0 amide bonds. The molecular formula is C16H20O4. The molecule has 6 saturated carbocycles. The highest BCUT2D eigenvalue weighted by molar-refractivity contribution is 5.85. The monoisotopic (exact) mass is 276 g/mol. The fourth-order valence-corrected chi connectivity index (χ4v) is 8.20. The van der Waals surface area contributed by atoms with Gasteiger partial charge in [-0.2, -0.15) is 0 Å². The number of methoxy groups -OCH3 is 2. The van der Waals surface area contributed by atoms with Crippen LogP contribution >= 0.6 is 0 Å². The van der Waals surface area contributed by atoms with Gasteiger partial charge in [0, 0.05) is 0 Å². The molecule has 0 aromatic carbocycles. The van der Waals surface area contributed by atoms with E-state index in [2.05, 4.69) is 13.8 Å². The molecule has 0 heterocycles. The van der Waals surface area contributed by atoms with Gasteiger partial charge in [0.05, 0.1) is 26.1 Å². The number of rotatable bonds is 2. The molecule has 6 aliphatic carbocycles. The Morgan fingerprint density at radius 1 is 0.750 bits per heavy atom. The van der Waals surface area contributed by atoms with Gasteiger partial charge in [0.15, 0.2) is 0 Å². The van der Waals surface area contributed by atoms with Crippen molar-refractivity contribution in [1.82, 2.24) is 0 Å². The molecule has 6 fully saturated rings. The summed E-state index contributed by atoms with van der Waals surface area (Å²) in [6, 6.07) is 0. The van der Waals surface area contributed by atoms with Crippen LogP contribution in [0.3, 0.4) is 0 Å². The van der Waals surface area contributed by atoms with E-state index in [1.165, 1.54) is 14.2 Å². The largest absolute Gasteiger partial charge is 0.469 e. The summed E-state index contributed by atoms with van der Waals surface area (Å²) in [5.74, 6) is 2.45. The lowest BCUT2D eigenvalue weighted by molar-refractivity contribution is -0.573. The lowest BCUT2D eigenvalue weighted by Gasteiger charge is -3.03. The maximum Gasteiger partial charge on any atom is 0.309 e. The molecule has 0 aromatic rings. The molecule has 0 radical (unpaired) electrons. The quantitative estimate of drug-likeness (QED) is 0.714. The summed E-state index contributed by atoms with van der Waals surface area (Å²) in [4.78, 5) is 24.5. The molecule has 6 aliphatic rings.